The molecule has 0 aromatic carbocycles. The Hall–Kier alpha value is -0.610. The summed E-state index contributed by atoms with van der Waals surface area (Å²) < 4.78 is 0. The van der Waals surface area contributed by atoms with Crippen LogP contribution in [0.25, 0.3) is 0 Å². The maximum atomic E-state index is 10.9. The lowest BCUT2D eigenvalue weighted by atomic mass is 10.0. The molecule has 0 spiro atoms. The van der Waals surface area contributed by atoms with Crippen molar-refractivity contribution in [2.75, 3.05) is 13.6 Å². The van der Waals surface area contributed by atoms with Crippen LogP contribution in [-0.4, -0.2) is 41.1 Å². The first-order chi connectivity index (χ1) is 12.1. The lowest BCUT2D eigenvalue weighted by Crippen LogP contribution is -2.36. The Bertz CT molecular complexity index is 297. The number of unbranched alkanes of at least 4 members (excludes halogenated alkanes) is 15. The summed E-state index contributed by atoms with van der Waals surface area (Å²) in [5, 5.41) is 8.95. The van der Waals surface area contributed by atoms with E-state index < -0.39 is 5.97 Å². The fraction of sp³-hybridized carbons (Fsp3) is 0.955. The Kier molecular flexibility index (Phi) is 22.0. The number of likely N-dealkylation sites (N-methyl/N-ethyl adjacent to an activating group) is 1. The molecular formula is C22H47NO3. The van der Waals surface area contributed by atoms with Crippen LogP contribution in [0.2, 0.25) is 0 Å². The summed E-state index contributed by atoms with van der Waals surface area (Å²) in [6.45, 7) is 4.93. The Balaban J connectivity index is 0. The highest BCUT2D eigenvalue weighted by Crippen LogP contribution is 2.13. The van der Waals surface area contributed by atoms with Gasteiger partial charge < -0.3 is 10.6 Å². The van der Waals surface area contributed by atoms with Gasteiger partial charge in [0.15, 0.2) is 0 Å². The van der Waals surface area contributed by atoms with Crippen molar-refractivity contribution in [2.45, 2.75) is 123 Å². The maximum Gasteiger partial charge on any atom is 0.320 e. The lowest BCUT2D eigenvalue weighted by Gasteiger charge is -2.20. The fourth-order valence-corrected chi connectivity index (χ4v) is 3.29. The molecule has 0 rings (SSSR count). The Morgan fingerprint density at radius 1 is 0.731 bits per heavy atom. The number of carbonyl (C=O) groups is 1. The van der Waals surface area contributed by atoms with Gasteiger partial charge in [-0.2, -0.15) is 0 Å². The largest absolute Gasteiger partial charge is 0.480 e. The van der Waals surface area contributed by atoms with E-state index >= 15 is 0 Å². The van der Waals surface area contributed by atoms with Gasteiger partial charge in [0.2, 0.25) is 0 Å². The van der Waals surface area contributed by atoms with E-state index in [-0.39, 0.29) is 11.5 Å². The van der Waals surface area contributed by atoms with Crippen LogP contribution in [0.4, 0.5) is 0 Å². The molecule has 1 unspecified atom stereocenters. The average Bonchev–Trinajstić information content (AvgIpc) is 2.60. The quantitative estimate of drug-likeness (QED) is 0.290. The van der Waals surface area contributed by atoms with E-state index in [0.717, 1.165) is 13.0 Å². The minimum absolute atomic E-state index is 0. The van der Waals surface area contributed by atoms with Crippen molar-refractivity contribution >= 4 is 5.97 Å². The molecule has 4 nitrogen and oxygen atoms in total. The van der Waals surface area contributed by atoms with E-state index in [2.05, 4.69) is 6.92 Å². The zero-order valence-electron chi connectivity index (χ0n) is 17.9. The third kappa shape index (κ3) is 18.2. The molecule has 3 N–H and O–H groups in total. The summed E-state index contributed by atoms with van der Waals surface area (Å²) in [6, 6.07) is -0.364. The van der Waals surface area contributed by atoms with Crippen LogP contribution in [0, 0.1) is 0 Å². The maximum absolute atomic E-state index is 10.9. The van der Waals surface area contributed by atoms with E-state index in [1.807, 2.05) is 11.9 Å². The summed E-state index contributed by atoms with van der Waals surface area (Å²) in [4.78, 5) is 12.8. The fourth-order valence-electron chi connectivity index (χ4n) is 3.29. The Morgan fingerprint density at radius 3 is 1.35 bits per heavy atom. The minimum Gasteiger partial charge on any atom is -0.480 e. The molecule has 1 atom stereocenters. The molecule has 0 saturated heterocycles. The first-order valence-corrected chi connectivity index (χ1v) is 11.0. The summed E-state index contributed by atoms with van der Waals surface area (Å²) in [5.41, 5.74) is 0. The van der Waals surface area contributed by atoms with Crippen LogP contribution in [0.1, 0.15) is 117 Å². The molecular weight excluding hydrogens is 326 g/mol. The van der Waals surface area contributed by atoms with Gasteiger partial charge in [-0.1, -0.05) is 103 Å². The van der Waals surface area contributed by atoms with Crippen molar-refractivity contribution < 1.29 is 15.4 Å². The van der Waals surface area contributed by atoms with Crippen LogP contribution in [-0.2, 0) is 4.79 Å². The number of aliphatic carboxylic acids is 1. The molecule has 0 aromatic heterocycles. The highest BCUT2D eigenvalue weighted by molar-refractivity contribution is 5.72. The summed E-state index contributed by atoms with van der Waals surface area (Å²) in [5.74, 6) is -0.723. The number of hydrogen-bond donors (Lipinski definition) is 1. The van der Waals surface area contributed by atoms with Gasteiger partial charge in [-0.25, -0.2) is 0 Å². The predicted molar refractivity (Wildman–Crippen MR) is 113 cm³/mol. The Labute approximate surface area is 163 Å². The smallest absolute Gasteiger partial charge is 0.320 e. The van der Waals surface area contributed by atoms with Crippen LogP contribution < -0.4 is 0 Å². The number of rotatable bonds is 19. The van der Waals surface area contributed by atoms with Crippen molar-refractivity contribution in [2.24, 2.45) is 0 Å². The summed E-state index contributed by atoms with van der Waals surface area (Å²) in [7, 11) is 1.91. The zero-order valence-corrected chi connectivity index (χ0v) is 17.9. The second-order valence-electron chi connectivity index (χ2n) is 7.80. The van der Waals surface area contributed by atoms with Crippen LogP contribution in [0.5, 0.6) is 0 Å². The van der Waals surface area contributed by atoms with E-state index in [4.69, 9.17) is 5.11 Å². The van der Waals surface area contributed by atoms with Gasteiger partial charge in [0.25, 0.3) is 0 Å². The highest BCUT2D eigenvalue weighted by Gasteiger charge is 2.15. The van der Waals surface area contributed by atoms with Crippen LogP contribution >= 0.6 is 0 Å². The standard InChI is InChI=1S/C22H45NO2.H2O/c1-4-5-6-7-8-9-10-11-12-13-14-15-16-17-18-19-20-23(3)21(2)22(24)25;/h21H,4-20H2,1-3H3,(H,24,25);1H2. The molecule has 0 fully saturated rings. The van der Waals surface area contributed by atoms with Gasteiger partial charge in [-0.05, 0) is 26.9 Å². The monoisotopic (exact) mass is 373 g/mol. The zero-order chi connectivity index (χ0) is 18.8. The number of carboxylic acids is 1. The highest BCUT2D eigenvalue weighted by atomic mass is 16.4. The number of nitrogens with zero attached hydrogens (tertiary/aromatic N) is 1. The molecule has 0 aliphatic rings. The van der Waals surface area contributed by atoms with Crippen molar-refractivity contribution in [1.29, 1.82) is 0 Å². The molecule has 0 aliphatic heterocycles. The van der Waals surface area contributed by atoms with Crippen molar-refractivity contribution in [3.63, 3.8) is 0 Å². The van der Waals surface area contributed by atoms with Gasteiger partial charge >= 0.3 is 5.97 Å². The minimum atomic E-state index is -0.723. The predicted octanol–water partition coefficient (Wildman–Crippen LogP) is 5.83. The number of hydrogen-bond acceptors (Lipinski definition) is 2. The molecule has 0 heterocycles. The van der Waals surface area contributed by atoms with Gasteiger partial charge in [0, 0.05) is 0 Å². The molecule has 158 valence electrons. The van der Waals surface area contributed by atoms with Gasteiger partial charge in [-0.3, -0.25) is 9.69 Å². The van der Waals surface area contributed by atoms with Gasteiger partial charge in [0.05, 0.1) is 0 Å². The molecule has 0 aromatic rings. The first-order valence-electron chi connectivity index (χ1n) is 11.0. The average molecular weight is 374 g/mol. The molecule has 4 heteroatoms. The summed E-state index contributed by atoms with van der Waals surface area (Å²) >= 11 is 0. The molecule has 0 aliphatic carbocycles. The Morgan fingerprint density at radius 2 is 1.04 bits per heavy atom. The SMILES string of the molecule is CCCCCCCCCCCCCCCCCCN(C)C(C)C(=O)O.O. The molecule has 0 bridgehead atoms. The first kappa shape index (κ1) is 27.6. The summed E-state index contributed by atoms with van der Waals surface area (Å²) in [6.07, 6.45) is 22.0. The molecule has 0 saturated carbocycles. The van der Waals surface area contributed by atoms with Gasteiger partial charge in [-0.15, -0.1) is 0 Å². The van der Waals surface area contributed by atoms with Crippen molar-refractivity contribution in [3.8, 4) is 0 Å². The van der Waals surface area contributed by atoms with E-state index in [9.17, 15) is 4.79 Å². The second-order valence-corrected chi connectivity index (χ2v) is 7.80. The topological polar surface area (TPSA) is 72.0 Å². The normalized spacial score (nSPS) is 12.2. The van der Waals surface area contributed by atoms with Crippen molar-refractivity contribution in [3.05, 3.63) is 0 Å². The molecule has 26 heavy (non-hydrogen) atoms. The third-order valence-corrected chi connectivity index (χ3v) is 5.38. The van der Waals surface area contributed by atoms with Gasteiger partial charge in [0.1, 0.15) is 6.04 Å². The lowest BCUT2D eigenvalue weighted by molar-refractivity contribution is -0.142. The van der Waals surface area contributed by atoms with E-state index in [1.165, 1.54) is 96.3 Å². The van der Waals surface area contributed by atoms with Crippen molar-refractivity contribution in [1.82, 2.24) is 4.90 Å². The van der Waals surface area contributed by atoms with E-state index in [1.54, 1.807) is 6.92 Å². The number of carboxylic acid groups (broad SMARTS) is 1. The van der Waals surface area contributed by atoms with Crippen LogP contribution in [0.15, 0.2) is 0 Å². The molecule has 0 amide bonds. The van der Waals surface area contributed by atoms with E-state index in [0.29, 0.717) is 0 Å². The molecule has 0 radical (unpaired) electrons. The van der Waals surface area contributed by atoms with Crippen LogP contribution in [0.3, 0.4) is 0 Å². The third-order valence-electron chi connectivity index (χ3n) is 5.38. The second kappa shape index (κ2) is 20.7.